The highest BCUT2D eigenvalue weighted by molar-refractivity contribution is 5.44. The van der Waals surface area contributed by atoms with Crippen molar-refractivity contribution in [2.45, 2.75) is 65.9 Å². The molecule has 17 heavy (non-hydrogen) atoms. The standard InChI is InChI=1S/C16H26O/c1-11(2)13-9-8-10-14(15(13)12(3)4)17-16(5,6)7/h8-12H,1-7H3. The van der Waals surface area contributed by atoms with Crippen LogP contribution in [0, 0.1) is 0 Å². The Labute approximate surface area is 106 Å². The van der Waals surface area contributed by atoms with Gasteiger partial charge in [0.2, 0.25) is 0 Å². The van der Waals surface area contributed by atoms with Gasteiger partial charge in [0.15, 0.2) is 0 Å². The maximum Gasteiger partial charge on any atom is 0.123 e. The van der Waals surface area contributed by atoms with Gasteiger partial charge in [0.05, 0.1) is 0 Å². The Kier molecular flexibility index (Phi) is 4.24. The second-order valence-corrected chi connectivity index (χ2v) is 6.28. The number of rotatable bonds is 3. The maximum atomic E-state index is 6.08. The molecule has 0 aliphatic carbocycles. The predicted molar refractivity (Wildman–Crippen MR) is 75.0 cm³/mol. The molecule has 0 heterocycles. The fourth-order valence-electron chi connectivity index (χ4n) is 2.10. The van der Waals surface area contributed by atoms with Gasteiger partial charge in [-0.05, 0) is 44.2 Å². The van der Waals surface area contributed by atoms with Gasteiger partial charge in [0, 0.05) is 5.56 Å². The minimum Gasteiger partial charge on any atom is -0.488 e. The van der Waals surface area contributed by atoms with Gasteiger partial charge in [-0.2, -0.15) is 0 Å². The second kappa shape index (κ2) is 5.12. The van der Waals surface area contributed by atoms with Gasteiger partial charge in [-0.1, -0.05) is 39.8 Å². The third kappa shape index (κ3) is 3.76. The molecule has 0 saturated heterocycles. The molecule has 0 radical (unpaired) electrons. The summed E-state index contributed by atoms with van der Waals surface area (Å²) in [6, 6.07) is 6.41. The van der Waals surface area contributed by atoms with Gasteiger partial charge in [0.1, 0.15) is 11.4 Å². The minimum atomic E-state index is -0.140. The summed E-state index contributed by atoms with van der Waals surface area (Å²) in [7, 11) is 0. The molecule has 0 atom stereocenters. The molecule has 1 rings (SSSR count). The van der Waals surface area contributed by atoms with Crippen LogP contribution in [-0.2, 0) is 0 Å². The largest absolute Gasteiger partial charge is 0.488 e. The van der Waals surface area contributed by atoms with E-state index in [2.05, 4.69) is 66.7 Å². The van der Waals surface area contributed by atoms with E-state index in [9.17, 15) is 0 Å². The Balaban J connectivity index is 3.25. The summed E-state index contributed by atoms with van der Waals surface area (Å²) in [4.78, 5) is 0. The van der Waals surface area contributed by atoms with Gasteiger partial charge in [-0.3, -0.25) is 0 Å². The van der Waals surface area contributed by atoms with Gasteiger partial charge in [-0.15, -0.1) is 0 Å². The summed E-state index contributed by atoms with van der Waals surface area (Å²) in [5, 5.41) is 0. The van der Waals surface area contributed by atoms with E-state index < -0.39 is 0 Å². The van der Waals surface area contributed by atoms with E-state index in [-0.39, 0.29) is 5.60 Å². The van der Waals surface area contributed by atoms with Crippen molar-refractivity contribution in [2.24, 2.45) is 0 Å². The van der Waals surface area contributed by atoms with Crippen LogP contribution in [0.15, 0.2) is 18.2 Å². The SMILES string of the molecule is CC(C)c1cccc(OC(C)(C)C)c1C(C)C. The fourth-order valence-corrected chi connectivity index (χ4v) is 2.10. The number of hydrogen-bond donors (Lipinski definition) is 0. The summed E-state index contributed by atoms with van der Waals surface area (Å²) in [6.07, 6.45) is 0. The minimum absolute atomic E-state index is 0.140. The van der Waals surface area contributed by atoms with E-state index in [4.69, 9.17) is 4.74 Å². The Hall–Kier alpha value is -0.980. The Morgan fingerprint density at radius 1 is 0.941 bits per heavy atom. The van der Waals surface area contributed by atoms with E-state index >= 15 is 0 Å². The van der Waals surface area contributed by atoms with E-state index in [1.165, 1.54) is 11.1 Å². The van der Waals surface area contributed by atoms with Crippen molar-refractivity contribution >= 4 is 0 Å². The Morgan fingerprint density at radius 3 is 1.94 bits per heavy atom. The molecule has 0 unspecified atom stereocenters. The van der Waals surface area contributed by atoms with Crippen molar-refractivity contribution in [1.82, 2.24) is 0 Å². The summed E-state index contributed by atoms with van der Waals surface area (Å²) >= 11 is 0. The summed E-state index contributed by atoms with van der Waals surface area (Å²) in [6.45, 7) is 15.2. The Bertz CT molecular complexity index is 370. The van der Waals surface area contributed by atoms with Crippen LogP contribution in [0.3, 0.4) is 0 Å². The molecule has 1 aromatic carbocycles. The summed E-state index contributed by atoms with van der Waals surface area (Å²) in [5.41, 5.74) is 2.62. The third-order valence-electron chi connectivity index (χ3n) is 2.72. The molecule has 1 heteroatoms. The second-order valence-electron chi connectivity index (χ2n) is 6.28. The van der Waals surface area contributed by atoms with Crippen molar-refractivity contribution in [3.8, 4) is 5.75 Å². The van der Waals surface area contributed by atoms with Crippen LogP contribution in [0.5, 0.6) is 5.75 Å². The average molecular weight is 234 g/mol. The molecule has 0 bridgehead atoms. The molecule has 0 aromatic heterocycles. The smallest absolute Gasteiger partial charge is 0.123 e. The van der Waals surface area contributed by atoms with E-state index in [0.717, 1.165) is 5.75 Å². The maximum absolute atomic E-state index is 6.08. The first-order valence-corrected chi connectivity index (χ1v) is 6.54. The first kappa shape index (κ1) is 14.1. The third-order valence-corrected chi connectivity index (χ3v) is 2.72. The normalized spacial score (nSPS) is 12.3. The van der Waals surface area contributed by atoms with Crippen LogP contribution in [-0.4, -0.2) is 5.60 Å². The Morgan fingerprint density at radius 2 is 1.53 bits per heavy atom. The molecular formula is C16H26O. The number of ether oxygens (including phenoxy) is 1. The quantitative estimate of drug-likeness (QED) is 0.706. The van der Waals surface area contributed by atoms with Gasteiger partial charge < -0.3 is 4.74 Å². The van der Waals surface area contributed by atoms with Crippen LogP contribution >= 0.6 is 0 Å². The van der Waals surface area contributed by atoms with E-state index in [1.54, 1.807) is 0 Å². The molecule has 0 amide bonds. The average Bonchev–Trinajstić information content (AvgIpc) is 2.14. The molecule has 1 nitrogen and oxygen atoms in total. The van der Waals surface area contributed by atoms with Crippen LogP contribution in [0.4, 0.5) is 0 Å². The zero-order chi connectivity index (χ0) is 13.2. The van der Waals surface area contributed by atoms with Crippen LogP contribution < -0.4 is 4.74 Å². The zero-order valence-electron chi connectivity index (χ0n) is 12.3. The first-order valence-electron chi connectivity index (χ1n) is 6.54. The van der Waals surface area contributed by atoms with Gasteiger partial charge in [0.25, 0.3) is 0 Å². The molecule has 0 N–H and O–H groups in total. The molecule has 1 aromatic rings. The monoisotopic (exact) mass is 234 g/mol. The van der Waals surface area contributed by atoms with Gasteiger partial charge >= 0.3 is 0 Å². The van der Waals surface area contributed by atoms with Crippen LogP contribution in [0.2, 0.25) is 0 Å². The van der Waals surface area contributed by atoms with E-state index in [0.29, 0.717) is 11.8 Å². The molecule has 0 spiro atoms. The lowest BCUT2D eigenvalue weighted by Crippen LogP contribution is -2.24. The molecule has 0 fully saturated rings. The number of benzene rings is 1. The van der Waals surface area contributed by atoms with Crippen molar-refractivity contribution in [1.29, 1.82) is 0 Å². The van der Waals surface area contributed by atoms with Crippen molar-refractivity contribution in [3.63, 3.8) is 0 Å². The molecule has 0 saturated carbocycles. The first-order chi connectivity index (χ1) is 7.72. The topological polar surface area (TPSA) is 9.23 Å². The molecule has 96 valence electrons. The van der Waals surface area contributed by atoms with Crippen LogP contribution in [0.25, 0.3) is 0 Å². The predicted octanol–water partition coefficient (Wildman–Crippen LogP) is 5.11. The lowest BCUT2D eigenvalue weighted by molar-refractivity contribution is 0.129. The van der Waals surface area contributed by atoms with Gasteiger partial charge in [-0.25, -0.2) is 0 Å². The highest BCUT2D eigenvalue weighted by Gasteiger charge is 2.19. The lowest BCUT2D eigenvalue weighted by atomic mass is 9.90. The summed E-state index contributed by atoms with van der Waals surface area (Å²) in [5.74, 6) is 2.07. The van der Waals surface area contributed by atoms with E-state index in [1.807, 2.05) is 0 Å². The lowest BCUT2D eigenvalue weighted by Gasteiger charge is -2.26. The molecule has 0 aliphatic heterocycles. The fraction of sp³-hybridized carbons (Fsp3) is 0.625. The highest BCUT2D eigenvalue weighted by atomic mass is 16.5. The van der Waals surface area contributed by atoms with Crippen LogP contribution in [0.1, 0.15) is 71.4 Å². The molecular weight excluding hydrogens is 208 g/mol. The summed E-state index contributed by atoms with van der Waals surface area (Å²) < 4.78 is 6.08. The molecule has 0 aliphatic rings. The zero-order valence-corrected chi connectivity index (χ0v) is 12.3. The number of hydrogen-bond acceptors (Lipinski definition) is 1. The van der Waals surface area contributed by atoms with Crippen molar-refractivity contribution in [3.05, 3.63) is 29.3 Å². The van der Waals surface area contributed by atoms with Crippen molar-refractivity contribution < 1.29 is 4.74 Å². The van der Waals surface area contributed by atoms with Crippen molar-refractivity contribution in [2.75, 3.05) is 0 Å². The highest BCUT2D eigenvalue weighted by Crippen LogP contribution is 2.35.